The van der Waals surface area contributed by atoms with E-state index in [0.29, 0.717) is 12.0 Å². The highest BCUT2D eigenvalue weighted by atomic mass is 14.9. The van der Waals surface area contributed by atoms with Crippen molar-refractivity contribution in [3.63, 3.8) is 0 Å². The Balaban J connectivity index is 1.97. The summed E-state index contributed by atoms with van der Waals surface area (Å²) in [5, 5.41) is 4.76. The fourth-order valence-corrected chi connectivity index (χ4v) is 3.35. The van der Waals surface area contributed by atoms with Gasteiger partial charge >= 0.3 is 0 Å². The van der Waals surface area contributed by atoms with Gasteiger partial charge in [-0.05, 0) is 56.5 Å². The summed E-state index contributed by atoms with van der Waals surface area (Å²) in [5.74, 6) is 0.657. The van der Waals surface area contributed by atoms with Gasteiger partial charge in [0.2, 0.25) is 0 Å². The van der Waals surface area contributed by atoms with Crippen molar-refractivity contribution < 1.29 is 0 Å². The van der Waals surface area contributed by atoms with Crippen LogP contribution in [-0.4, -0.2) is 18.1 Å². The van der Waals surface area contributed by atoms with E-state index < -0.39 is 0 Å². The maximum absolute atomic E-state index is 4.59. The number of nitrogens with one attached hydrogen (secondary N) is 1. The summed E-state index contributed by atoms with van der Waals surface area (Å²) in [6, 6.07) is 11.7. The lowest BCUT2D eigenvalue weighted by molar-refractivity contribution is 0.344. The number of aryl methyl sites for hydroxylation is 1. The quantitative estimate of drug-likeness (QED) is 0.882. The van der Waals surface area contributed by atoms with Crippen LogP contribution in [0.1, 0.15) is 42.9 Å². The fraction of sp³-hybridized carbons (Fsp3) is 0.471. The Bertz CT molecular complexity index is 576. The van der Waals surface area contributed by atoms with Gasteiger partial charge in [-0.3, -0.25) is 4.98 Å². The van der Waals surface area contributed by atoms with Gasteiger partial charge in [0.05, 0.1) is 5.52 Å². The largest absolute Gasteiger partial charge is 0.316 e. The lowest BCUT2D eigenvalue weighted by atomic mass is 9.80. The fourth-order valence-electron chi connectivity index (χ4n) is 3.35. The molecule has 0 bridgehead atoms. The van der Waals surface area contributed by atoms with E-state index in [4.69, 9.17) is 0 Å². The monoisotopic (exact) mass is 254 g/mol. The Morgan fingerprint density at radius 1 is 1.11 bits per heavy atom. The Labute approximate surface area is 115 Å². The van der Waals surface area contributed by atoms with Crippen molar-refractivity contribution in [2.75, 3.05) is 7.05 Å². The van der Waals surface area contributed by atoms with E-state index in [0.717, 1.165) is 11.2 Å². The van der Waals surface area contributed by atoms with Crippen LogP contribution in [0.15, 0.2) is 30.3 Å². The zero-order chi connectivity index (χ0) is 13.2. The van der Waals surface area contributed by atoms with E-state index in [2.05, 4.69) is 47.7 Å². The second-order valence-corrected chi connectivity index (χ2v) is 5.69. The molecule has 0 spiro atoms. The van der Waals surface area contributed by atoms with Gasteiger partial charge in [0.25, 0.3) is 0 Å². The summed E-state index contributed by atoms with van der Waals surface area (Å²) in [6.07, 6.45) is 5.31. The summed E-state index contributed by atoms with van der Waals surface area (Å²) in [4.78, 5) is 4.59. The minimum Gasteiger partial charge on any atom is -0.316 e. The average Bonchev–Trinajstić information content (AvgIpc) is 2.46. The molecule has 1 heterocycles. The summed E-state index contributed by atoms with van der Waals surface area (Å²) in [5.41, 5.74) is 3.67. The Kier molecular flexibility index (Phi) is 3.52. The minimum atomic E-state index is 0.629. The van der Waals surface area contributed by atoms with Crippen LogP contribution in [0, 0.1) is 6.92 Å². The molecule has 1 N–H and O–H groups in total. The standard InChI is InChI=1S/C17H22N2/c1-12-7-8-14-11-13(9-10-16(14)19-12)15-5-3-4-6-17(15)18-2/h7-11,15,17-18H,3-6H2,1-2H3. The van der Waals surface area contributed by atoms with Gasteiger partial charge in [-0.25, -0.2) is 0 Å². The summed E-state index contributed by atoms with van der Waals surface area (Å²) >= 11 is 0. The molecule has 100 valence electrons. The molecular weight excluding hydrogens is 232 g/mol. The molecule has 3 rings (SSSR count). The van der Waals surface area contributed by atoms with Crippen LogP contribution in [0.25, 0.3) is 10.9 Å². The highest BCUT2D eigenvalue weighted by molar-refractivity contribution is 5.79. The first-order valence-corrected chi connectivity index (χ1v) is 7.32. The normalized spacial score (nSPS) is 23.7. The van der Waals surface area contributed by atoms with Gasteiger partial charge in [-0.1, -0.05) is 25.0 Å². The Morgan fingerprint density at radius 3 is 2.79 bits per heavy atom. The predicted octanol–water partition coefficient (Wildman–Crippen LogP) is 3.79. The molecule has 2 nitrogen and oxygen atoms in total. The molecular formula is C17H22N2. The average molecular weight is 254 g/mol. The minimum absolute atomic E-state index is 0.629. The van der Waals surface area contributed by atoms with Crippen LogP contribution in [0.2, 0.25) is 0 Å². The number of fused-ring (bicyclic) bond motifs is 1. The molecule has 0 saturated heterocycles. The number of rotatable bonds is 2. The maximum Gasteiger partial charge on any atom is 0.0705 e. The third-order valence-electron chi connectivity index (χ3n) is 4.42. The van der Waals surface area contributed by atoms with Crippen molar-refractivity contribution in [3.8, 4) is 0 Å². The van der Waals surface area contributed by atoms with Gasteiger partial charge < -0.3 is 5.32 Å². The lowest BCUT2D eigenvalue weighted by Gasteiger charge is -2.31. The second-order valence-electron chi connectivity index (χ2n) is 5.69. The highest BCUT2D eigenvalue weighted by Gasteiger charge is 2.25. The SMILES string of the molecule is CNC1CCCCC1c1ccc2nc(C)ccc2c1. The third-order valence-corrected chi connectivity index (χ3v) is 4.42. The number of aromatic nitrogens is 1. The molecule has 1 saturated carbocycles. The smallest absolute Gasteiger partial charge is 0.0705 e. The number of hydrogen-bond donors (Lipinski definition) is 1. The molecule has 1 aliphatic rings. The molecule has 1 fully saturated rings. The highest BCUT2D eigenvalue weighted by Crippen LogP contribution is 2.34. The van der Waals surface area contributed by atoms with Crippen LogP contribution in [-0.2, 0) is 0 Å². The molecule has 2 atom stereocenters. The van der Waals surface area contributed by atoms with Crippen molar-refractivity contribution in [1.82, 2.24) is 10.3 Å². The molecule has 1 aromatic heterocycles. The first-order valence-electron chi connectivity index (χ1n) is 7.32. The van der Waals surface area contributed by atoms with E-state index in [1.165, 1.54) is 36.6 Å². The zero-order valence-corrected chi connectivity index (χ0v) is 11.8. The van der Waals surface area contributed by atoms with Crippen LogP contribution in [0.5, 0.6) is 0 Å². The number of nitrogens with zero attached hydrogens (tertiary/aromatic N) is 1. The summed E-state index contributed by atoms with van der Waals surface area (Å²) in [6.45, 7) is 2.05. The van der Waals surface area contributed by atoms with E-state index in [-0.39, 0.29) is 0 Å². The summed E-state index contributed by atoms with van der Waals surface area (Å²) in [7, 11) is 2.09. The summed E-state index contributed by atoms with van der Waals surface area (Å²) < 4.78 is 0. The van der Waals surface area contributed by atoms with Crippen molar-refractivity contribution >= 4 is 10.9 Å². The van der Waals surface area contributed by atoms with Gasteiger partial charge in [-0.2, -0.15) is 0 Å². The number of benzene rings is 1. The first kappa shape index (κ1) is 12.6. The van der Waals surface area contributed by atoms with Crippen LogP contribution in [0.3, 0.4) is 0 Å². The number of pyridine rings is 1. The van der Waals surface area contributed by atoms with E-state index in [1.807, 2.05) is 6.92 Å². The van der Waals surface area contributed by atoms with Crippen LogP contribution < -0.4 is 5.32 Å². The number of hydrogen-bond acceptors (Lipinski definition) is 2. The van der Waals surface area contributed by atoms with Crippen LogP contribution in [0.4, 0.5) is 0 Å². The molecule has 19 heavy (non-hydrogen) atoms. The topological polar surface area (TPSA) is 24.9 Å². The molecule has 2 unspecified atom stereocenters. The molecule has 1 aliphatic carbocycles. The molecule has 1 aromatic carbocycles. The second kappa shape index (κ2) is 5.30. The molecule has 0 radical (unpaired) electrons. The van der Waals surface area contributed by atoms with Gasteiger partial charge in [0.1, 0.15) is 0 Å². The Hall–Kier alpha value is -1.41. The molecule has 2 aromatic rings. The lowest BCUT2D eigenvalue weighted by Crippen LogP contribution is -2.34. The molecule has 0 amide bonds. The number of likely N-dealkylation sites (N-methyl/N-ethyl adjacent to an activating group) is 1. The van der Waals surface area contributed by atoms with Crippen molar-refractivity contribution in [1.29, 1.82) is 0 Å². The predicted molar refractivity (Wildman–Crippen MR) is 80.5 cm³/mol. The van der Waals surface area contributed by atoms with E-state index >= 15 is 0 Å². The zero-order valence-electron chi connectivity index (χ0n) is 11.8. The van der Waals surface area contributed by atoms with Crippen LogP contribution >= 0.6 is 0 Å². The van der Waals surface area contributed by atoms with Crippen molar-refractivity contribution in [2.45, 2.75) is 44.6 Å². The third kappa shape index (κ3) is 2.50. The molecule has 0 aliphatic heterocycles. The van der Waals surface area contributed by atoms with Gasteiger partial charge in [0, 0.05) is 17.1 Å². The first-order chi connectivity index (χ1) is 9.28. The molecule has 2 heteroatoms. The van der Waals surface area contributed by atoms with Crippen molar-refractivity contribution in [2.24, 2.45) is 0 Å². The van der Waals surface area contributed by atoms with Gasteiger partial charge in [-0.15, -0.1) is 0 Å². The Morgan fingerprint density at radius 2 is 1.95 bits per heavy atom. The van der Waals surface area contributed by atoms with E-state index in [9.17, 15) is 0 Å². The maximum atomic E-state index is 4.59. The van der Waals surface area contributed by atoms with E-state index in [1.54, 1.807) is 0 Å². The van der Waals surface area contributed by atoms with Gasteiger partial charge in [0.15, 0.2) is 0 Å². The van der Waals surface area contributed by atoms with Crippen molar-refractivity contribution in [3.05, 3.63) is 41.6 Å².